The van der Waals surface area contributed by atoms with Gasteiger partial charge in [-0.25, -0.2) is 0 Å². The van der Waals surface area contributed by atoms with Gasteiger partial charge in [0.25, 0.3) is 0 Å². The molecule has 0 spiro atoms. The van der Waals surface area contributed by atoms with Crippen molar-refractivity contribution in [3.05, 3.63) is 42.0 Å². The average Bonchev–Trinajstić information content (AvgIpc) is 2.88. The van der Waals surface area contributed by atoms with Gasteiger partial charge in [0, 0.05) is 31.6 Å². The Hall–Kier alpha value is -1.62. The molecule has 1 aliphatic rings. The van der Waals surface area contributed by atoms with Gasteiger partial charge in [0.2, 0.25) is 0 Å². The fourth-order valence-corrected chi connectivity index (χ4v) is 3.23. The molecule has 2 aromatic rings. The van der Waals surface area contributed by atoms with Gasteiger partial charge in [0.05, 0.1) is 19.3 Å². The van der Waals surface area contributed by atoms with Gasteiger partial charge in [0.1, 0.15) is 5.75 Å². The lowest BCUT2D eigenvalue weighted by Crippen LogP contribution is -2.26. The maximum Gasteiger partial charge on any atom is 0.126 e. The number of likely N-dealkylation sites (tertiary alicyclic amines) is 1. The highest BCUT2D eigenvalue weighted by molar-refractivity contribution is 5.91. The number of rotatable bonds is 5. The first-order chi connectivity index (χ1) is 10.7. The van der Waals surface area contributed by atoms with E-state index in [0.29, 0.717) is 13.2 Å². The fourth-order valence-electron chi connectivity index (χ4n) is 3.23. The minimum absolute atomic E-state index is 0.0745. The van der Waals surface area contributed by atoms with E-state index in [4.69, 9.17) is 9.47 Å². The van der Waals surface area contributed by atoms with E-state index in [2.05, 4.69) is 23.1 Å². The zero-order chi connectivity index (χ0) is 15.5. The first-order valence-electron chi connectivity index (χ1n) is 7.79. The van der Waals surface area contributed by atoms with Crippen molar-refractivity contribution in [2.24, 2.45) is 0 Å². The molecule has 1 aliphatic heterocycles. The van der Waals surface area contributed by atoms with Crippen molar-refractivity contribution in [3.8, 4) is 5.75 Å². The molecule has 1 heterocycles. The number of nitrogens with zero attached hydrogens (tertiary/aromatic N) is 1. The molecule has 4 heteroatoms. The highest BCUT2D eigenvalue weighted by atomic mass is 16.5. The predicted molar refractivity (Wildman–Crippen MR) is 87.2 cm³/mol. The van der Waals surface area contributed by atoms with Crippen LogP contribution in [0.5, 0.6) is 5.75 Å². The Bertz CT molecular complexity index is 643. The van der Waals surface area contributed by atoms with Crippen molar-refractivity contribution in [1.29, 1.82) is 0 Å². The van der Waals surface area contributed by atoms with E-state index in [-0.39, 0.29) is 6.10 Å². The van der Waals surface area contributed by atoms with Crippen LogP contribution >= 0.6 is 0 Å². The molecule has 0 bridgehead atoms. The summed E-state index contributed by atoms with van der Waals surface area (Å²) in [5.41, 5.74) is 1.25. The quantitative estimate of drug-likeness (QED) is 0.921. The van der Waals surface area contributed by atoms with Gasteiger partial charge in [-0.3, -0.25) is 4.90 Å². The van der Waals surface area contributed by atoms with Crippen molar-refractivity contribution in [1.82, 2.24) is 4.90 Å². The van der Waals surface area contributed by atoms with Crippen LogP contribution in [0, 0.1) is 0 Å². The van der Waals surface area contributed by atoms with E-state index in [1.807, 2.05) is 25.1 Å². The Morgan fingerprint density at radius 2 is 1.91 bits per heavy atom. The fraction of sp³-hybridized carbons (Fsp3) is 0.444. The van der Waals surface area contributed by atoms with Gasteiger partial charge < -0.3 is 14.6 Å². The van der Waals surface area contributed by atoms with Crippen molar-refractivity contribution in [2.45, 2.75) is 25.7 Å². The molecular weight excluding hydrogens is 278 g/mol. The number of benzene rings is 2. The summed E-state index contributed by atoms with van der Waals surface area (Å²) in [6.07, 6.45) is -0.473. The summed E-state index contributed by atoms with van der Waals surface area (Å²) in [7, 11) is 1.70. The Morgan fingerprint density at radius 1 is 1.14 bits per heavy atom. The Morgan fingerprint density at radius 3 is 2.64 bits per heavy atom. The Kier molecular flexibility index (Phi) is 4.62. The molecular formula is C18H23NO3. The smallest absolute Gasteiger partial charge is 0.126 e. The number of fused-ring (bicyclic) bond motifs is 1. The van der Waals surface area contributed by atoms with Crippen LogP contribution in [0.25, 0.3) is 10.8 Å². The molecule has 2 atom stereocenters. The largest absolute Gasteiger partial charge is 0.496 e. The Balaban J connectivity index is 1.83. The lowest BCUT2D eigenvalue weighted by Gasteiger charge is -2.18. The highest BCUT2D eigenvalue weighted by Gasteiger charge is 2.31. The molecule has 1 saturated heterocycles. The SMILES string of the molecule is CCO[C@@H]1CN(Cc2ccc(OC)c3ccccc23)C[C@H]1O. The van der Waals surface area contributed by atoms with E-state index >= 15 is 0 Å². The molecule has 0 unspecified atom stereocenters. The third-order valence-corrected chi connectivity index (χ3v) is 4.28. The van der Waals surface area contributed by atoms with Crippen LogP contribution in [-0.2, 0) is 11.3 Å². The second-order valence-corrected chi connectivity index (χ2v) is 5.73. The van der Waals surface area contributed by atoms with Crippen LogP contribution in [0.4, 0.5) is 0 Å². The van der Waals surface area contributed by atoms with Crippen molar-refractivity contribution in [3.63, 3.8) is 0 Å². The van der Waals surface area contributed by atoms with Gasteiger partial charge in [-0.2, -0.15) is 0 Å². The summed E-state index contributed by atoms with van der Waals surface area (Å²) in [5, 5.41) is 12.4. The molecule has 22 heavy (non-hydrogen) atoms. The second-order valence-electron chi connectivity index (χ2n) is 5.73. The summed E-state index contributed by atoms with van der Waals surface area (Å²) in [6.45, 7) is 4.85. The van der Waals surface area contributed by atoms with Gasteiger partial charge in [-0.05, 0) is 23.9 Å². The maximum absolute atomic E-state index is 10.1. The normalized spacial score (nSPS) is 22.3. The second kappa shape index (κ2) is 6.65. The maximum atomic E-state index is 10.1. The van der Waals surface area contributed by atoms with Crippen molar-refractivity contribution in [2.75, 3.05) is 26.8 Å². The van der Waals surface area contributed by atoms with Gasteiger partial charge in [-0.15, -0.1) is 0 Å². The summed E-state index contributed by atoms with van der Waals surface area (Å²) in [6, 6.07) is 12.4. The standard InChI is InChI=1S/C18H23NO3/c1-3-22-18-12-19(11-16(18)20)10-13-8-9-17(21-2)15-7-5-4-6-14(13)15/h4-9,16,18,20H,3,10-12H2,1-2H3/t16-,18-/m1/s1. The minimum atomic E-state index is -0.399. The van der Waals surface area contributed by atoms with Crippen LogP contribution in [-0.4, -0.2) is 49.0 Å². The predicted octanol–water partition coefficient (Wildman–Crippen LogP) is 2.43. The minimum Gasteiger partial charge on any atom is -0.496 e. The number of methoxy groups -OCH3 is 1. The zero-order valence-corrected chi connectivity index (χ0v) is 13.2. The number of aliphatic hydroxyl groups excluding tert-OH is 1. The average molecular weight is 301 g/mol. The number of ether oxygens (including phenoxy) is 2. The zero-order valence-electron chi connectivity index (χ0n) is 13.2. The molecule has 118 valence electrons. The molecule has 3 rings (SSSR count). The number of aliphatic hydroxyl groups is 1. The van der Waals surface area contributed by atoms with Gasteiger partial charge in [0.15, 0.2) is 0 Å². The number of hydrogen-bond donors (Lipinski definition) is 1. The molecule has 0 saturated carbocycles. The molecule has 0 aliphatic carbocycles. The molecule has 2 aromatic carbocycles. The number of β-amino-alcohol motifs (C(OH)–C–C–N with tert-alkyl or cyclic N) is 1. The summed E-state index contributed by atoms with van der Waals surface area (Å²) >= 11 is 0. The van der Waals surface area contributed by atoms with Crippen LogP contribution in [0.15, 0.2) is 36.4 Å². The first kappa shape index (κ1) is 15.3. The highest BCUT2D eigenvalue weighted by Crippen LogP contribution is 2.29. The lowest BCUT2D eigenvalue weighted by molar-refractivity contribution is -0.00244. The van der Waals surface area contributed by atoms with Gasteiger partial charge >= 0.3 is 0 Å². The summed E-state index contributed by atoms with van der Waals surface area (Å²) < 4.78 is 11.0. The van der Waals surface area contributed by atoms with E-state index in [1.54, 1.807) is 7.11 Å². The molecule has 1 N–H and O–H groups in total. The molecule has 0 amide bonds. The van der Waals surface area contributed by atoms with E-state index in [0.717, 1.165) is 24.2 Å². The van der Waals surface area contributed by atoms with Gasteiger partial charge in [-0.1, -0.05) is 30.3 Å². The third-order valence-electron chi connectivity index (χ3n) is 4.28. The topological polar surface area (TPSA) is 41.9 Å². The van der Waals surface area contributed by atoms with E-state index in [1.165, 1.54) is 10.9 Å². The van der Waals surface area contributed by atoms with Crippen LogP contribution in [0.3, 0.4) is 0 Å². The first-order valence-corrected chi connectivity index (χ1v) is 7.79. The monoisotopic (exact) mass is 301 g/mol. The van der Waals surface area contributed by atoms with Crippen LogP contribution < -0.4 is 4.74 Å². The van der Waals surface area contributed by atoms with Crippen LogP contribution in [0.2, 0.25) is 0 Å². The number of hydrogen-bond acceptors (Lipinski definition) is 4. The lowest BCUT2D eigenvalue weighted by atomic mass is 10.0. The van der Waals surface area contributed by atoms with Crippen LogP contribution in [0.1, 0.15) is 12.5 Å². The molecule has 0 radical (unpaired) electrons. The van der Waals surface area contributed by atoms with E-state index in [9.17, 15) is 5.11 Å². The Labute approximate surface area is 131 Å². The summed E-state index contributed by atoms with van der Waals surface area (Å²) in [5.74, 6) is 0.896. The van der Waals surface area contributed by atoms with E-state index < -0.39 is 6.10 Å². The molecule has 0 aromatic heterocycles. The third kappa shape index (κ3) is 2.95. The van der Waals surface area contributed by atoms with Crippen molar-refractivity contribution >= 4 is 10.8 Å². The molecule has 1 fully saturated rings. The van der Waals surface area contributed by atoms with Crippen molar-refractivity contribution < 1.29 is 14.6 Å². The summed E-state index contributed by atoms with van der Waals surface area (Å²) in [4.78, 5) is 2.25. The molecule has 4 nitrogen and oxygen atoms in total.